The molecule has 0 aromatic carbocycles. The summed E-state index contributed by atoms with van der Waals surface area (Å²) in [6.07, 6.45) is 3.79. The van der Waals surface area contributed by atoms with Gasteiger partial charge in [-0.15, -0.1) is 0 Å². The molecule has 0 aromatic rings. The van der Waals surface area contributed by atoms with E-state index in [4.69, 9.17) is 0 Å². The molecule has 0 aliphatic heterocycles. The first-order valence-electron chi connectivity index (χ1n) is 3.62. The van der Waals surface area contributed by atoms with Crippen LogP contribution in [0.4, 0.5) is 0 Å². The van der Waals surface area contributed by atoms with Gasteiger partial charge in [0.2, 0.25) is 0 Å². The Morgan fingerprint density at radius 1 is 1.45 bits per heavy atom. The number of rotatable bonds is 3. The van der Waals surface area contributed by atoms with Crippen LogP contribution in [0.5, 0.6) is 0 Å². The van der Waals surface area contributed by atoms with Gasteiger partial charge in [-0.1, -0.05) is 0 Å². The van der Waals surface area contributed by atoms with Gasteiger partial charge in [-0.2, -0.15) is 6.42 Å². The molecule has 0 N–H and O–H groups in total. The van der Waals surface area contributed by atoms with E-state index in [9.17, 15) is 0 Å². The van der Waals surface area contributed by atoms with Crippen molar-refractivity contribution in [2.75, 3.05) is 6.54 Å². The van der Waals surface area contributed by atoms with Gasteiger partial charge in [0.25, 0.3) is 0 Å². The van der Waals surface area contributed by atoms with E-state index in [0.29, 0.717) is 0 Å². The molecule has 0 aliphatic rings. The van der Waals surface area contributed by atoms with Crippen molar-refractivity contribution in [3.63, 3.8) is 0 Å². The molecule has 0 saturated carbocycles. The molecule has 11 heavy (non-hydrogen) atoms. The van der Waals surface area contributed by atoms with Gasteiger partial charge in [-0.25, -0.2) is 0 Å². The first-order valence-corrected chi connectivity index (χ1v) is 3.62. The average molecular weight is 228 g/mol. The second kappa shape index (κ2) is 6.19. The molecular formula is C9H17NY-2. The second-order valence-electron chi connectivity index (χ2n) is 3.33. The molecule has 0 bridgehead atoms. The fourth-order valence-corrected chi connectivity index (χ4v) is 0.810. The fraction of sp³-hybridized carbons (Fsp3) is 0.667. The molecular weight excluding hydrogens is 211 g/mol. The summed E-state index contributed by atoms with van der Waals surface area (Å²) in [6, 6.07) is 0. The summed E-state index contributed by atoms with van der Waals surface area (Å²) in [4.78, 5) is 2.07. The molecule has 0 unspecified atom stereocenters. The summed E-state index contributed by atoms with van der Waals surface area (Å²) in [5.41, 5.74) is 0.138. The summed E-state index contributed by atoms with van der Waals surface area (Å²) < 4.78 is 0. The van der Waals surface area contributed by atoms with Gasteiger partial charge in [-0.3, -0.25) is 6.58 Å². The largest absolute Gasteiger partial charge is 0.553 e. The summed E-state index contributed by atoms with van der Waals surface area (Å²) in [6.45, 7) is 14.8. The minimum absolute atomic E-state index is 0. The Hall–Kier alpha value is 0.644. The third-order valence-electron chi connectivity index (χ3n) is 1.38. The molecule has 0 heterocycles. The maximum atomic E-state index is 3.78. The van der Waals surface area contributed by atoms with Crippen molar-refractivity contribution in [1.82, 2.24) is 4.90 Å². The Bertz CT molecular complexity index is 105. The van der Waals surface area contributed by atoms with Crippen LogP contribution in [-0.4, -0.2) is 17.0 Å². The van der Waals surface area contributed by atoms with Crippen molar-refractivity contribution in [2.45, 2.75) is 32.7 Å². The molecule has 0 saturated heterocycles. The zero-order valence-electron chi connectivity index (χ0n) is 7.85. The SMILES string of the molecule is C=[C-]N(CC[CH2-])C(C)(C)C.[Y]. The molecule has 1 nitrogen and oxygen atoms in total. The van der Waals surface area contributed by atoms with Crippen LogP contribution in [-0.2, 0) is 32.7 Å². The van der Waals surface area contributed by atoms with Gasteiger partial charge in [0.1, 0.15) is 0 Å². The normalized spacial score (nSPS) is 10.2. The minimum Gasteiger partial charge on any atom is -0.553 e. The van der Waals surface area contributed by atoms with Crippen LogP contribution in [0.25, 0.3) is 0 Å². The predicted molar refractivity (Wildman–Crippen MR) is 45.3 cm³/mol. The van der Waals surface area contributed by atoms with Crippen molar-refractivity contribution >= 4 is 0 Å². The van der Waals surface area contributed by atoms with Crippen LogP contribution in [0.15, 0.2) is 6.58 Å². The van der Waals surface area contributed by atoms with Crippen LogP contribution >= 0.6 is 0 Å². The third kappa shape index (κ3) is 5.87. The van der Waals surface area contributed by atoms with Crippen LogP contribution in [0.3, 0.4) is 0 Å². The van der Waals surface area contributed by atoms with Gasteiger partial charge in [0, 0.05) is 38.2 Å². The zero-order valence-corrected chi connectivity index (χ0v) is 10.7. The van der Waals surface area contributed by atoms with E-state index in [-0.39, 0.29) is 38.2 Å². The minimum atomic E-state index is 0. The number of hydrogen-bond acceptors (Lipinski definition) is 1. The molecule has 0 aromatic heterocycles. The standard InChI is InChI=1S/C9H17N.Y/c1-6-8-10(7-2)9(3,4)5;/h1-2,6,8H2,3-5H3;/q-2;. The Kier molecular flexibility index (Phi) is 7.98. The Morgan fingerprint density at radius 2 is 1.91 bits per heavy atom. The maximum Gasteiger partial charge on any atom is 0.000205 e. The molecule has 0 amide bonds. The van der Waals surface area contributed by atoms with Crippen molar-refractivity contribution in [2.24, 2.45) is 0 Å². The van der Waals surface area contributed by atoms with E-state index < -0.39 is 0 Å². The Balaban J connectivity index is 0. The van der Waals surface area contributed by atoms with E-state index in [1.807, 2.05) is 0 Å². The zero-order chi connectivity index (χ0) is 8.20. The van der Waals surface area contributed by atoms with E-state index in [2.05, 4.69) is 45.4 Å². The molecule has 1 radical (unpaired) electrons. The average Bonchev–Trinajstić information content (AvgIpc) is 1.80. The predicted octanol–water partition coefficient (Wildman–Crippen LogP) is 2.26. The number of hydrogen-bond donors (Lipinski definition) is 0. The smallest absolute Gasteiger partial charge is 0.000205 e. The van der Waals surface area contributed by atoms with Crippen molar-refractivity contribution in [1.29, 1.82) is 0 Å². The molecule has 0 atom stereocenters. The molecule has 2 heteroatoms. The maximum absolute atomic E-state index is 3.78. The van der Waals surface area contributed by atoms with Gasteiger partial charge >= 0.3 is 0 Å². The first kappa shape index (κ1) is 14.2. The van der Waals surface area contributed by atoms with E-state index >= 15 is 0 Å². The van der Waals surface area contributed by atoms with E-state index in [1.54, 1.807) is 0 Å². The molecule has 0 fully saturated rings. The quantitative estimate of drug-likeness (QED) is 0.529. The first-order chi connectivity index (χ1) is 4.52. The van der Waals surface area contributed by atoms with Crippen molar-refractivity contribution in [3.05, 3.63) is 19.7 Å². The molecule has 63 valence electrons. The number of nitrogens with zero attached hydrogens (tertiary/aromatic N) is 1. The van der Waals surface area contributed by atoms with E-state index in [0.717, 1.165) is 13.0 Å². The summed E-state index contributed by atoms with van der Waals surface area (Å²) >= 11 is 0. The topological polar surface area (TPSA) is 3.24 Å². The van der Waals surface area contributed by atoms with Crippen molar-refractivity contribution in [3.8, 4) is 0 Å². The van der Waals surface area contributed by atoms with Gasteiger partial charge in [0.15, 0.2) is 0 Å². The molecule has 0 aliphatic carbocycles. The van der Waals surface area contributed by atoms with Crippen LogP contribution in [0, 0.1) is 13.1 Å². The monoisotopic (exact) mass is 228 g/mol. The van der Waals surface area contributed by atoms with Crippen LogP contribution in [0.2, 0.25) is 0 Å². The van der Waals surface area contributed by atoms with Crippen LogP contribution < -0.4 is 0 Å². The summed E-state index contributed by atoms with van der Waals surface area (Å²) in [7, 11) is 0. The summed E-state index contributed by atoms with van der Waals surface area (Å²) in [5.74, 6) is 0. The van der Waals surface area contributed by atoms with E-state index in [1.165, 1.54) is 0 Å². The molecule has 0 spiro atoms. The fourth-order valence-electron chi connectivity index (χ4n) is 0.810. The van der Waals surface area contributed by atoms with Gasteiger partial charge < -0.3 is 18.0 Å². The Labute approximate surface area is 96.1 Å². The van der Waals surface area contributed by atoms with Crippen LogP contribution in [0.1, 0.15) is 27.2 Å². The second-order valence-corrected chi connectivity index (χ2v) is 3.33. The van der Waals surface area contributed by atoms with Gasteiger partial charge in [-0.05, 0) is 27.3 Å². The van der Waals surface area contributed by atoms with Crippen molar-refractivity contribution < 1.29 is 32.7 Å². The van der Waals surface area contributed by atoms with Gasteiger partial charge in [0.05, 0.1) is 0 Å². The Morgan fingerprint density at radius 3 is 2.00 bits per heavy atom. The third-order valence-corrected chi connectivity index (χ3v) is 1.38. The molecule has 0 rings (SSSR count). The summed E-state index contributed by atoms with van der Waals surface area (Å²) in [5, 5.41) is 0.